The zero-order chi connectivity index (χ0) is 20.1. The van der Waals surface area contributed by atoms with Crippen molar-refractivity contribution in [1.29, 1.82) is 0 Å². The summed E-state index contributed by atoms with van der Waals surface area (Å²) in [5, 5.41) is 13.5. The molecule has 0 amide bonds. The van der Waals surface area contributed by atoms with Crippen LogP contribution in [-0.4, -0.2) is 43.5 Å². The van der Waals surface area contributed by atoms with Crippen molar-refractivity contribution in [3.05, 3.63) is 59.4 Å². The first-order valence-electron chi connectivity index (χ1n) is 9.13. The highest BCUT2D eigenvalue weighted by Crippen LogP contribution is 2.33. The van der Waals surface area contributed by atoms with Gasteiger partial charge in [-0.2, -0.15) is 0 Å². The lowest BCUT2D eigenvalue weighted by molar-refractivity contribution is -0.151. The van der Waals surface area contributed by atoms with Gasteiger partial charge in [0.2, 0.25) is 6.10 Å². The normalized spacial score (nSPS) is 17.6. The predicted molar refractivity (Wildman–Crippen MR) is 101 cm³/mol. The van der Waals surface area contributed by atoms with Crippen molar-refractivity contribution in [2.45, 2.75) is 31.6 Å². The van der Waals surface area contributed by atoms with Gasteiger partial charge in [-0.1, -0.05) is 18.2 Å². The number of rotatable bonds is 7. The molecule has 1 aliphatic rings. The molecular weight excluding hydrogens is 365 g/mol. The number of ether oxygens (including phenoxy) is 3. The molecule has 0 saturated carbocycles. The molecule has 150 valence electrons. The minimum Gasteiger partial charge on any atom is -0.485 e. The van der Waals surface area contributed by atoms with E-state index in [-0.39, 0.29) is 18.5 Å². The van der Waals surface area contributed by atoms with Crippen molar-refractivity contribution >= 4 is 5.97 Å². The van der Waals surface area contributed by atoms with Gasteiger partial charge in [-0.15, -0.1) is 0 Å². The maximum absolute atomic E-state index is 13.0. The van der Waals surface area contributed by atoms with Gasteiger partial charge >= 0.3 is 5.97 Å². The van der Waals surface area contributed by atoms with Crippen LogP contribution in [0.15, 0.2) is 42.5 Å². The number of hydrogen-bond acceptors (Lipinski definition) is 6. The Labute approximate surface area is 163 Å². The minimum atomic E-state index is -0.753. The summed E-state index contributed by atoms with van der Waals surface area (Å²) in [4.78, 5) is 11.6. The van der Waals surface area contributed by atoms with Gasteiger partial charge in [0.25, 0.3) is 0 Å². The fourth-order valence-corrected chi connectivity index (χ4v) is 3.03. The highest BCUT2D eigenvalue weighted by molar-refractivity contribution is 5.75. The van der Waals surface area contributed by atoms with Crippen molar-refractivity contribution < 1.29 is 28.5 Å². The first-order chi connectivity index (χ1) is 13.5. The van der Waals surface area contributed by atoms with Crippen LogP contribution in [0.2, 0.25) is 0 Å². The number of carbonyl (C=O) groups excluding carboxylic acids is 1. The molecule has 2 aromatic carbocycles. The monoisotopic (exact) mass is 389 g/mol. The van der Waals surface area contributed by atoms with Crippen LogP contribution in [0.25, 0.3) is 0 Å². The first-order valence-corrected chi connectivity index (χ1v) is 9.13. The average Bonchev–Trinajstić information content (AvgIpc) is 2.71. The molecule has 0 bridgehead atoms. The number of aliphatic hydroxyl groups excluding tert-OH is 1. The van der Waals surface area contributed by atoms with Gasteiger partial charge < -0.3 is 24.6 Å². The second kappa shape index (κ2) is 9.03. The third-order valence-electron chi connectivity index (χ3n) is 4.59. The number of halogens is 1. The van der Waals surface area contributed by atoms with Gasteiger partial charge in [-0.25, -0.2) is 9.18 Å². The maximum Gasteiger partial charge on any atom is 0.350 e. The van der Waals surface area contributed by atoms with Crippen molar-refractivity contribution in [2.75, 3.05) is 20.3 Å². The molecule has 0 saturated heterocycles. The Hall–Kier alpha value is -2.64. The van der Waals surface area contributed by atoms with E-state index in [1.54, 1.807) is 18.2 Å². The molecule has 0 radical (unpaired) electrons. The Morgan fingerprint density at radius 3 is 2.75 bits per heavy atom. The van der Waals surface area contributed by atoms with E-state index in [1.165, 1.54) is 19.2 Å². The predicted octanol–water partition coefficient (Wildman–Crippen LogP) is 2.39. The summed E-state index contributed by atoms with van der Waals surface area (Å²) in [7, 11) is 1.31. The standard InChI is InChI=1S/C21H24FNO5/c1-13(23-11-17(24)15-4-6-16(22)7-5-15)9-14-3-8-18-19(10-14)27-12-20(28-18)21(25)26-2/h3-8,10,13,17,20,23-24H,9,11-12H2,1-2H3. The van der Waals surface area contributed by atoms with Crippen LogP contribution < -0.4 is 14.8 Å². The third kappa shape index (κ3) is 4.99. The summed E-state index contributed by atoms with van der Waals surface area (Å²) in [6.45, 7) is 2.49. The largest absolute Gasteiger partial charge is 0.485 e. The first kappa shape index (κ1) is 20.1. The molecule has 2 N–H and O–H groups in total. The van der Waals surface area contributed by atoms with E-state index in [0.29, 0.717) is 30.0 Å². The molecule has 2 aromatic rings. The van der Waals surface area contributed by atoms with Crippen LogP contribution in [0.1, 0.15) is 24.2 Å². The fourth-order valence-electron chi connectivity index (χ4n) is 3.03. The molecule has 28 heavy (non-hydrogen) atoms. The van der Waals surface area contributed by atoms with E-state index in [2.05, 4.69) is 10.1 Å². The van der Waals surface area contributed by atoms with Crippen LogP contribution in [0.4, 0.5) is 4.39 Å². The van der Waals surface area contributed by atoms with Gasteiger partial charge in [0.05, 0.1) is 13.2 Å². The summed E-state index contributed by atoms with van der Waals surface area (Å²) < 4.78 is 28.9. The van der Waals surface area contributed by atoms with Crippen LogP contribution in [0.5, 0.6) is 11.5 Å². The number of aliphatic hydroxyl groups is 1. The van der Waals surface area contributed by atoms with E-state index >= 15 is 0 Å². The van der Waals surface area contributed by atoms with Crippen molar-refractivity contribution in [3.8, 4) is 11.5 Å². The van der Waals surface area contributed by atoms with Crippen molar-refractivity contribution in [2.24, 2.45) is 0 Å². The number of hydrogen-bond donors (Lipinski definition) is 2. The number of fused-ring (bicyclic) bond motifs is 1. The Kier molecular flexibility index (Phi) is 6.49. The van der Waals surface area contributed by atoms with Crippen molar-refractivity contribution in [1.82, 2.24) is 5.32 Å². The number of carbonyl (C=O) groups is 1. The zero-order valence-corrected chi connectivity index (χ0v) is 15.9. The molecule has 3 atom stereocenters. The summed E-state index contributed by atoms with van der Waals surface area (Å²) in [6.07, 6.45) is -0.747. The highest BCUT2D eigenvalue weighted by Gasteiger charge is 2.28. The quantitative estimate of drug-likeness (QED) is 0.708. The highest BCUT2D eigenvalue weighted by atomic mass is 19.1. The Morgan fingerprint density at radius 1 is 1.29 bits per heavy atom. The summed E-state index contributed by atoms with van der Waals surface area (Å²) in [6, 6.07) is 11.5. The van der Waals surface area contributed by atoms with Gasteiger partial charge in [-0.3, -0.25) is 0 Å². The lowest BCUT2D eigenvalue weighted by Crippen LogP contribution is -2.37. The number of nitrogens with one attached hydrogen (secondary N) is 1. The van der Waals surface area contributed by atoms with Gasteiger partial charge in [0.1, 0.15) is 12.4 Å². The smallest absolute Gasteiger partial charge is 0.350 e. The molecule has 0 aromatic heterocycles. The van der Waals surface area contributed by atoms with Gasteiger partial charge in [0, 0.05) is 12.6 Å². The topological polar surface area (TPSA) is 77.0 Å². The van der Waals surface area contributed by atoms with Crippen LogP contribution in [-0.2, 0) is 16.0 Å². The fraction of sp³-hybridized carbons (Fsp3) is 0.381. The average molecular weight is 389 g/mol. The van der Waals surface area contributed by atoms with Crippen LogP contribution >= 0.6 is 0 Å². The molecule has 0 aliphatic carbocycles. The van der Waals surface area contributed by atoms with Gasteiger partial charge in [-0.05, 0) is 48.7 Å². The second-order valence-corrected chi connectivity index (χ2v) is 6.80. The van der Waals surface area contributed by atoms with E-state index in [4.69, 9.17) is 9.47 Å². The Bertz CT molecular complexity index is 811. The van der Waals surface area contributed by atoms with E-state index < -0.39 is 18.2 Å². The molecule has 6 nitrogen and oxygen atoms in total. The third-order valence-corrected chi connectivity index (χ3v) is 4.59. The van der Waals surface area contributed by atoms with Crippen LogP contribution in [0, 0.1) is 5.82 Å². The number of esters is 1. The Balaban J connectivity index is 1.52. The lowest BCUT2D eigenvalue weighted by Gasteiger charge is -2.25. The summed E-state index contributed by atoms with van der Waals surface area (Å²) in [5.74, 6) is 0.315. The zero-order valence-electron chi connectivity index (χ0n) is 15.9. The lowest BCUT2D eigenvalue weighted by atomic mass is 10.0. The van der Waals surface area contributed by atoms with Gasteiger partial charge in [0.15, 0.2) is 11.5 Å². The summed E-state index contributed by atoms with van der Waals surface area (Å²) in [5.41, 5.74) is 1.70. The van der Waals surface area contributed by atoms with E-state index in [9.17, 15) is 14.3 Å². The molecular formula is C21H24FNO5. The van der Waals surface area contributed by atoms with E-state index in [0.717, 1.165) is 5.56 Å². The molecule has 3 rings (SSSR count). The molecule has 1 aliphatic heterocycles. The maximum atomic E-state index is 13.0. The molecule has 1 heterocycles. The SMILES string of the molecule is COC(=O)C1COc2cc(CC(C)NCC(O)c3ccc(F)cc3)ccc2O1. The number of methoxy groups -OCH3 is 1. The summed E-state index contributed by atoms with van der Waals surface area (Å²) >= 11 is 0. The van der Waals surface area contributed by atoms with Crippen LogP contribution in [0.3, 0.4) is 0 Å². The van der Waals surface area contributed by atoms with Crippen molar-refractivity contribution in [3.63, 3.8) is 0 Å². The molecule has 7 heteroatoms. The second-order valence-electron chi connectivity index (χ2n) is 6.80. The molecule has 3 unspecified atom stereocenters. The van der Waals surface area contributed by atoms with E-state index in [1.807, 2.05) is 19.1 Å². The Morgan fingerprint density at radius 2 is 2.04 bits per heavy atom. The molecule has 0 fully saturated rings. The molecule has 0 spiro atoms. The number of benzene rings is 2. The minimum absolute atomic E-state index is 0.0977.